The molecular formula is C9H20N2O5S. The Morgan fingerprint density at radius 3 is 2.47 bits per heavy atom. The molecule has 0 bridgehead atoms. The van der Waals surface area contributed by atoms with Crippen LogP contribution < -0.4 is 4.72 Å². The average Bonchev–Trinajstić information content (AvgIpc) is 2.16. The minimum atomic E-state index is -3.92. The van der Waals surface area contributed by atoms with E-state index in [4.69, 9.17) is 5.11 Å². The van der Waals surface area contributed by atoms with Gasteiger partial charge in [-0.2, -0.15) is 12.7 Å². The van der Waals surface area contributed by atoms with E-state index in [1.807, 2.05) is 0 Å². The van der Waals surface area contributed by atoms with E-state index >= 15 is 0 Å². The second kappa shape index (κ2) is 7.46. The van der Waals surface area contributed by atoms with E-state index in [1.54, 1.807) is 25.5 Å². The molecule has 0 saturated carbocycles. The van der Waals surface area contributed by atoms with Gasteiger partial charge < -0.3 is 9.84 Å². The van der Waals surface area contributed by atoms with E-state index in [0.29, 0.717) is 6.42 Å². The van der Waals surface area contributed by atoms with Gasteiger partial charge in [-0.3, -0.25) is 0 Å². The van der Waals surface area contributed by atoms with Crippen molar-refractivity contribution in [3.63, 3.8) is 0 Å². The van der Waals surface area contributed by atoms with Crippen LogP contribution in [0.4, 0.5) is 4.79 Å². The molecular weight excluding hydrogens is 248 g/mol. The number of nitrogens with zero attached hydrogens (tertiary/aromatic N) is 1. The lowest BCUT2D eigenvalue weighted by Crippen LogP contribution is -2.47. The smallest absolute Gasteiger partial charge is 0.421 e. The van der Waals surface area contributed by atoms with Crippen LogP contribution in [-0.4, -0.2) is 49.7 Å². The summed E-state index contributed by atoms with van der Waals surface area (Å²) in [5, 5.41) is 8.70. The van der Waals surface area contributed by atoms with Gasteiger partial charge in [0.1, 0.15) is 0 Å². The Balaban J connectivity index is 4.66. The molecule has 0 spiro atoms. The zero-order valence-corrected chi connectivity index (χ0v) is 11.2. The van der Waals surface area contributed by atoms with Gasteiger partial charge >= 0.3 is 16.3 Å². The lowest BCUT2D eigenvalue weighted by molar-refractivity contribution is 0.157. The molecule has 0 aliphatic heterocycles. The maximum Gasteiger partial charge on any atom is 0.421 e. The van der Waals surface area contributed by atoms with Crippen LogP contribution in [0.25, 0.3) is 0 Å². The van der Waals surface area contributed by atoms with Gasteiger partial charge in [-0.15, -0.1) is 0 Å². The highest BCUT2D eigenvalue weighted by molar-refractivity contribution is 7.87. The van der Waals surface area contributed by atoms with Crippen LogP contribution in [-0.2, 0) is 14.9 Å². The van der Waals surface area contributed by atoms with Crippen LogP contribution in [0.15, 0.2) is 0 Å². The number of rotatable bonds is 7. The van der Waals surface area contributed by atoms with Gasteiger partial charge in [0.25, 0.3) is 0 Å². The highest BCUT2D eigenvalue weighted by Crippen LogP contribution is 2.06. The molecule has 7 nitrogen and oxygen atoms in total. The van der Waals surface area contributed by atoms with Crippen molar-refractivity contribution >= 4 is 16.3 Å². The Bertz CT molecular complexity index is 328. The number of ether oxygens (including phenoxy) is 1. The number of hydrogen-bond donors (Lipinski definition) is 2. The molecule has 17 heavy (non-hydrogen) atoms. The van der Waals surface area contributed by atoms with Crippen molar-refractivity contribution in [3.05, 3.63) is 0 Å². The van der Waals surface area contributed by atoms with Crippen molar-refractivity contribution in [2.24, 2.45) is 0 Å². The topological polar surface area (TPSA) is 95.9 Å². The number of nitrogens with one attached hydrogen (secondary N) is 1. The summed E-state index contributed by atoms with van der Waals surface area (Å²) in [5.41, 5.74) is 0. The summed E-state index contributed by atoms with van der Waals surface area (Å²) in [6.07, 6.45) is -0.691. The zero-order chi connectivity index (χ0) is 13.5. The van der Waals surface area contributed by atoms with Crippen LogP contribution >= 0.6 is 0 Å². The molecule has 0 fully saturated rings. The van der Waals surface area contributed by atoms with E-state index in [0.717, 1.165) is 4.31 Å². The van der Waals surface area contributed by atoms with Crippen LogP contribution in [0, 0.1) is 0 Å². The second-order valence-electron chi connectivity index (χ2n) is 3.61. The molecule has 102 valence electrons. The minimum Gasteiger partial charge on any atom is -0.449 e. The van der Waals surface area contributed by atoms with Crippen molar-refractivity contribution < 1.29 is 23.1 Å². The molecule has 0 radical (unpaired) electrons. The molecule has 1 amide bonds. The zero-order valence-electron chi connectivity index (χ0n) is 10.3. The fourth-order valence-electron chi connectivity index (χ4n) is 1.21. The lowest BCUT2D eigenvalue weighted by Gasteiger charge is -2.25. The predicted octanol–water partition coefficient (Wildman–Crippen LogP) is 0.0701. The molecule has 0 saturated heterocycles. The quantitative estimate of drug-likeness (QED) is 0.681. The summed E-state index contributed by atoms with van der Waals surface area (Å²) in [7, 11) is -3.92. The van der Waals surface area contributed by atoms with Crippen molar-refractivity contribution in [1.29, 1.82) is 0 Å². The number of aliphatic hydroxyl groups excluding tert-OH is 1. The van der Waals surface area contributed by atoms with Crippen molar-refractivity contribution in [2.45, 2.75) is 33.2 Å². The van der Waals surface area contributed by atoms with Gasteiger partial charge in [0.2, 0.25) is 0 Å². The number of aliphatic hydroxyl groups is 1. The van der Waals surface area contributed by atoms with Crippen LogP contribution in [0.1, 0.15) is 27.2 Å². The third-order valence-corrected chi connectivity index (χ3v) is 3.56. The van der Waals surface area contributed by atoms with Crippen molar-refractivity contribution in [3.8, 4) is 0 Å². The molecule has 0 aromatic rings. The molecule has 0 rings (SSSR count). The molecule has 0 aromatic heterocycles. The predicted molar refractivity (Wildman–Crippen MR) is 62.6 cm³/mol. The Morgan fingerprint density at radius 2 is 2.06 bits per heavy atom. The molecule has 0 unspecified atom stereocenters. The Labute approximate surface area is 102 Å². The summed E-state index contributed by atoms with van der Waals surface area (Å²) >= 11 is 0. The van der Waals surface area contributed by atoms with Gasteiger partial charge in [0, 0.05) is 19.2 Å². The standard InChI is InChI=1S/C9H20N2O5S/c1-4-16-9(13)10-17(14,15)11(8(2)3)6-5-7-12/h8,12H,4-7H2,1-3H3,(H,10,13). The molecule has 2 N–H and O–H groups in total. The van der Waals surface area contributed by atoms with E-state index in [-0.39, 0.29) is 25.8 Å². The summed E-state index contributed by atoms with van der Waals surface area (Å²) < 4.78 is 31.0. The number of carbonyl (C=O) groups excluding carboxylic acids is 1. The molecule has 8 heteroatoms. The molecule has 0 aliphatic carbocycles. The fourth-order valence-corrected chi connectivity index (χ4v) is 2.52. The van der Waals surface area contributed by atoms with E-state index < -0.39 is 16.3 Å². The van der Waals surface area contributed by atoms with Crippen LogP contribution in [0.5, 0.6) is 0 Å². The largest absolute Gasteiger partial charge is 0.449 e. The third-order valence-electron chi connectivity index (χ3n) is 1.91. The van der Waals surface area contributed by atoms with Gasteiger partial charge in [-0.05, 0) is 27.2 Å². The van der Waals surface area contributed by atoms with E-state index in [9.17, 15) is 13.2 Å². The normalized spacial score (nSPS) is 11.9. The van der Waals surface area contributed by atoms with Gasteiger partial charge in [-0.1, -0.05) is 0 Å². The molecule has 0 atom stereocenters. The first-order valence-corrected chi connectivity index (χ1v) is 6.86. The summed E-state index contributed by atoms with van der Waals surface area (Å²) in [6.45, 7) is 5.07. The van der Waals surface area contributed by atoms with Gasteiger partial charge in [0.05, 0.1) is 6.61 Å². The fraction of sp³-hybridized carbons (Fsp3) is 0.889. The second-order valence-corrected chi connectivity index (χ2v) is 5.23. The maximum atomic E-state index is 11.8. The summed E-state index contributed by atoms with van der Waals surface area (Å²) in [5.74, 6) is 0. The Hall–Kier alpha value is -0.860. The van der Waals surface area contributed by atoms with Crippen molar-refractivity contribution in [1.82, 2.24) is 9.03 Å². The minimum absolute atomic E-state index is 0.0969. The lowest BCUT2D eigenvalue weighted by atomic mass is 10.3. The van der Waals surface area contributed by atoms with Gasteiger partial charge in [-0.25, -0.2) is 9.52 Å². The maximum absolute atomic E-state index is 11.8. The molecule has 0 aromatic carbocycles. The first kappa shape index (κ1) is 16.1. The SMILES string of the molecule is CCOC(=O)NS(=O)(=O)N(CCCO)C(C)C. The number of amides is 1. The first-order chi connectivity index (χ1) is 7.85. The van der Waals surface area contributed by atoms with Crippen LogP contribution in [0.3, 0.4) is 0 Å². The third kappa shape index (κ3) is 5.85. The summed E-state index contributed by atoms with van der Waals surface area (Å²) in [4.78, 5) is 11.1. The van der Waals surface area contributed by atoms with Gasteiger partial charge in [0.15, 0.2) is 0 Å². The molecule has 0 aliphatic rings. The Morgan fingerprint density at radius 1 is 1.47 bits per heavy atom. The highest BCUT2D eigenvalue weighted by Gasteiger charge is 2.26. The van der Waals surface area contributed by atoms with Crippen LogP contribution in [0.2, 0.25) is 0 Å². The Kier molecular flexibility index (Phi) is 7.09. The summed E-state index contributed by atoms with van der Waals surface area (Å²) in [6, 6.07) is -0.312. The number of carbonyl (C=O) groups is 1. The van der Waals surface area contributed by atoms with Crippen molar-refractivity contribution in [2.75, 3.05) is 19.8 Å². The number of hydrogen-bond acceptors (Lipinski definition) is 5. The molecule has 0 heterocycles. The monoisotopic (exact) mass is 268 g/mol. The average molecular weight is 268 g/mol. The van der Waals surface area contributed by atoms with E-state index in [1.165, 1.54) is 0 Å². The highest BCUT2D eigenvalue weighted by atomic mass is 32.2. The van der Waals surface area contributed by atoms with E-state index in [2.05, 4.69) is 4.74 Å². The first-order valence-electron chi connectivity index (χ1n) is 5.42.